The molecular weight excluding hydrogens is 358 g/mol. The van der Waals surface area contributed by atoms with E-state index in [9.17, 15) is 18.4 Å². The van der Waals surface area contributed by atoms with E-state index in [0.29, 0.717) is 22.7 Å². The summed E-state index contributed by atoms with van der Waals surface area (Å²) >= 11 is 0. The Morgan fingerprint density at radius 1 is 1.30 bits per heavy atom. The van der Waals surface area contributed by atoms with Gasteiger partial charge in [0.25, 0.3) is 11.8 Å². The highest BCUT2D eigenvalue weighted by Gasteiger charge is 2.22. The van der Waals surface area contributed by atoms with E-state index >= 15 is 0 Å². The lowest BCUT2D eigenvalue weighted by Crippen LogP contribution is -2.34. The highest BCUT2D eigenvalue weighted by atomic mass is 19.2. The van der Waals surface area contributed by atoms with E-state index in [1.165, 1.54) is 11.0 Å². The van der Waals surface area contributed by atoms with Gasteiger partial charge in [0, 0.05) is 7.05 Å². The number of nitrogens with one attached hydrogen (secondary N) is 1. The van der Waals surface area contributed by atoms with E-state index in [1.54, 1.807) is 32.2 Å². The van der Waals surface area contributed by atoms with Gasteiger partial charge in [0.05, 0.1) is 6.04 Å². The Balaban J connectivity index is 1.67. The molecule has 8 heteroatoms. The molecule has 0 fully saturated rings. The smallest absolute Gasteiger partial charge is 0.262 e. The van der Waals surface area contributed by atoms with Gasteiger partial charge >= 0.3 is 0 Å². The van der Waals surface area contributed by atoms with E-state index in [2.05, 4.69) is 5.32 Å². The minimum absolute atomic E-state index is 0.0795. The molecule has 1 heterocycles. The Kier molecular flexibility index (Phi) is 5.25. The number of carbonyl (C=O) groups excluding carboxylic acids is 2. The Morgan fingerprint density at radius 3 is 2.81 bits per heavy atom. The van der Waals surface area contributed by atoms with Crippen molar-refractivity contribution in [1.82, 2.24) is 4.90 Å². The summed E-state index contributed by atoms with van der Waals surface area (Å²) in [5.74, 6) is -1.82. The maximum absolute atomic E-state index is 13.4. The number of halogens is 2. The molecule has 142 valence electrons. The van der Waals surface area contributed by atoms with Crippen molar-refractivity contribution in [3.63, 3.8) is 0 Å². The molecular formula is C19H18F2N2O4. The third-order valence-electron chi connectivity index (χ3n) is 4.36. The van der Waals surface area contributed by atoms with Crippen LogP contribution in [0, 0.1) is 11.6 Å². The number of ether oxygens (including phenoxy) is 2. The minimum atomic E-state index is -0.969. The molecule has 3 rings (SSSR count). The number of hydrogen-bond acceptors (Lipinski definition) is 4. The van der Waals surface area contributed by atoms with Crippen LogP contribution in [0.2, 0.25) is 0 Å². The number of nitrogens with zero attached hydrogens (tertiary/aromatic N) is 1. The quantitative estimate of drug-likeness (QED) is 0.871. The number of likely N-dealkylation sites (N-methyl/N-ethyl adjacent to an activating group) is 1. The number of fused-ring (bicyclic) bond motifs is 1. The van der Waals surface area contributed by atoms with Crippen molar-refractivity contribution >= 4 is 17.5 Å². The van der Waals surface area contributed by atoms with Crippen molar-refractivity contribution in [3.05, 3.63) is 53.6 Å². The van der Waals surface area contributed by atoms with Crippen LogP contribution in [0.1, 0.15) is 18.5 Å². The summed E-state index contributed by atoms with van der Waals surface area (Å²) in [5, 5.41) is 2.65. The summed E-state index contributed by atoms with van der Waals surface area (Å²) in [7, 11) is 1.54. The van der Waals surface area contributed by atoms with Crippen molar-refractivity contribution in [3.8, 4) is 11.5 Å². The summed E-state index contributed by atoms with van der Waals surface area (Å²) in [6.07, 6.45) is 0. The minimum Gasteiger partial charge on any atom is -0.481 e. The summed E-state index contributed by atoms with van der Waals surface area (Å²) in [5.41, 5.74) is 0.834. The van der Waals surface area contributed by atoms with Crippen molar-refractivity contribution in [2.24, 2.45) is 0 Å². The fourth-order valence-electron chi connectivity index (χ4n) is 2.65. The third kappa shape index (κ3) is 3.99. The summed E-state index contributed by atoms with van der Waals surface area (Å²) in [4.78, 5) is 25.3. The second kappa shape index (κ2) is 7.61. The normalized spacial score (nSPS) is 13.9. The second-order valence-corrected chi connectivity index (χ2v) is 6.11. The van der Waals surface area contributed by atoms with Gasteiger partial charge in [-0.25, -0.2) is 8.78 Å². The molecule has 0 radical (unpaired) electrons. The van der Waals surface area contributed by atoms with Gasteiger partial charge in [-0.2, -0.15) is 0 Å². The van der Waals surface area contributed by atoms with Crippen LogP contribution >= 0.6 is 0 Å². The Hall–Kier alpha value is -3.16. The highest BCUT2D eigenvalue weighted by molar-refractivity contribution is 5.97. The first-order valence-electron chi connectivity index (χ1n) is 8.26. The number of para-hydroxylation sites is 1. The van der Waals surface area contributed by atoms with E-state index in [0.717, 1.165) is 12.1 Å². The number of carbonyl (C=O) groups is 2. The zero-order valence-electron chi connectivity index (χ0n) is 14.8. The monoisotopic (exact) mass is 376 g/mol. The Morgan fingerprint density at radius 2 is 2.07 bits per heavy atom. The number of rotatable bonds is 5. The topological polar surface area (TPSA) is 67.9 Å². The standard InChI is InChI=1S/C19H18F2N2O4/c1-11(12-6-7-13(20)14(21)8-12)23(2)18(25)10-27-16-5-3-4-15-19(16)22-17(24)9-26-15/h3-8,11H,9-10H2,1-2H3,(H,22,24). The summed E-state index contributed by atoms with van der Waals surface area (Å²) < 4.78 is 37.3. The zero-order valence-corrected chi connectivity index (χ0v) is 14.8. The first kappa shape index (κ1) is 18.6. The van der Waals surface area contributed by atoms with Crippen LogP contribution < -0.4 is 14.8 Å². The Bertz CT molecular complexity index is 888. The lowest BCUT2D eigenvalue weighted by Gasteiger charge is -2.26. The van der Waals surface area contributed by atoms with E-state index in [-0.39, 0.29) is 25.0 Å². The molecule has 2 amide bonds. The molecule has 6 nitrogen and oxygen atoms in total. The van der Waals surface area contributed by atoms with Crippen molar-refractivity contribution in [2.75, 3.05) is 25.6 Å². The van der Waals surface area contributed by atoms with Crippen molar-refractivity contribution in [2.45, 2.75) is 13.0 Å². The fourth-order valence-corrected chi connectivity index (χ4v) is 2.65. The van der Waals surface area contributed by atoms with Gasteiger partial charge in [0.15, 0.2) is 24.8 Å². The van der Waals surface area contributed by atoms with Crippen LogP contribution in [-0.4, -0.2) is 37.0 Å². The largest absolute Gasteiger partial charge is 0.481 e. The first-order chi connectivity index (χ1) is 12.9. The van der Waals surface area contributed by atoms with Crippen molar-refractivity contribution in [1.29, 1.82) is 0 Å². The molecule has 0 spiro atoms. The molecule has 0 aromatic heterocycles. The molecule has 27 heavy (non-hydrogen) atoms. The molecule has 1 N–H and O–H groups in total. The van der Waals surface area contributed by atoms with Crippen LogP contribution in [0.3, 0.4) is 0 Å². The number of anilines is 1. The molecule has 0 saturated heterocycles. The van der Waals surface area contributed by atoms with Crippen LogP contribution in [0.15, 0.2) is 36.4 Å². The van der Waals surface area contributed by atoms with E-state index in [4.69, 9.17) is 9.47 Å². The van der Waals surface area contributed by atoms with Gasteiger partial charge in [-0.15, -0.1) is 0 Å². The number of benzene rings is 2. The number of amides is 2. The lowest BCUT2D eigenvalue weighted by atomic mass is 10.1. The molecule has 2 aromatic rings. The molecule has 0 saturated carbocycles. The molecule has 0 bridgehead atoms. The van der Waals surface area contributed by atoms with Crippen LogP contribution in [0.5, 0.6) is 11.5 Å². The van der Waals surface area contributed by atoms with Gasteiger partial charge in [0.2, 0.25) is 0 Å². The highest BCUT2D eigenvalue weighted by Crippen LogP contribution is 2.36. The Labute approximate surface area is 154 Å². The van der Waals surface area contributed by atoms with Gasteiger partial charge in [0.1, 0.15) is 17.2 Å². The maximum Gasteiger partial charge on any atom is 0.262 e. The molecule has 2 aromatic carbocycles. The van der Waals surface area contributed by atoms with Crippen LogP contribution in [-0.2, 0) is 9.59 Å². The third-order valence-corrected chi connectivity index (χ3v) is 4.36. The second-order valence-electron chi connectivity index (χ2n) is 6.11. The van der Waals surface area contributed by atoms with Gasteiger partial charge < -0.3 is 19.7 Å². The fraction of sp³-hybridized carbons (Fsp3) is 0.263. The van der Waals surface area contributed by atoms with Crippen LogP contribution in [0.4, 0.5) is 14.5 Å². The summed E-state index contributed by atoms with van der Waals surface area (Å²) in [6.45, 7) is 1.32. The average Bonchev–Trinajstić information content (AvgIpc) is 2.67. The molecule has 1 atom stereocenters. The van der Waals surface area contributed by atoms with Gasteiger partial charge in [-0.3, -0.25) is 9.59 Å². The predicted octanol–water partition coefficient (Wildman–Crippen LogP) is 2.89. The molecule has 1 aliphatic heterocycles. The van der Waals surface area contributed by atoms with E-state index < -0.39 is 17.7 Å². The zero-order chi connectivity index (χ0) is 19.6. The average molecular weight is 376 g/mol. The van der Waals surface area contributed by atoms with E-state index in [1.807, 2.05) is 0 Å². The van der Waals surface area contributed by atoms with Gasteiger partial charge in [-0.05, 0) is 36.8 Å². The van der Waals surface area contributed by atoms with Gasteiger partial charge in [-0.1, -0.05) is 12.1 Å². The first-order valence-corrected chi connectivity index (χ1v) is 8.26. The SMILES string of the molecule is CC(c1ccc(F)c(F)c1)N(C)C(=O)COc1cccc2c1NC(=O)CO2. The predicted molar refractivity (Wildman–Crippen MR) is 93.6 cm³/mol. The molecule has 0 aliphatic carbocycles. The molecule has 1 aliphatic rings. The maximum atomic E-state index is 13.4. The summed E-state index contributed by atoms with van der Waals surface area (Å²) in [6, 6.07) is 8.00. The number of hydrogen-bond donors (Lipinski definition) is 1. The molecule has 1 unspecified atom stereocenters. The van der Waals surface area contributed by atoms with Crippen LogP contribution in [0.25, 0.3) is 0 Å². The van der Waals surface area contributed by atoms with Crippen molar-refractivity contribution < 1.29 is 27.8 Å². The lowest BCUT2D eigenvalue weighted by molar-refractivity contribution is -0.134.